The normalized spacial score (nSPS) is 30.7. The number of hydrogen-bond donors (Lipinski definition) is 2. The van der Waals surface area contributed by atoms with Crippen LogP contribution in [0.1, 0.15) is 74.3 Å². The molecule has 3 aliphatic carbocycles. The van der Waals surface area contributed by atoms with Crippen molar-refractivity contribution in [2.45, 2.75) is 65.2 Å². The molecule has 2 fully saturated rings. The van der Waals surface area contributed by atoms with Crippen LogP contribution in [0.4, 0.5) is 0 Å². The Balaban J connectivity index is 1.43. The topological polar surface area (TPSA) is 95.4 Å². The lowest BCUT2D eigenvalue weighted by Gasteiger charge is -2.49. The molecule has 2 saturated carbocycles. The predicted octanol–water partition coefficient (Wildman–Crippen LogP) is 5.08. The summed E-state index contributed by atoms with van der Waals surface area (Å²) in [5.74, 6) is 2.34. The standard InChI is InChI=1S/C26H30N2O4/c1-14-12-22(30)24(25(31)32-14)15(2)27-28-23-9-8-21-20-6-4-16-13-17(29)5-7-18(16)19(20)10-11-26(21,23)3/h5,7,12-13,19-21,29-30H,4,6,8-11H2,1-3H3/b27-15?,28-23-/t19-,20-,21-,26+/m1/s1. The Morgan fingerprint density at radius 3 is 2.75 bits per heavy atom. The number of aryl methyl sites for hydroxylation is 2. The second-order valence-electron chi connectivity index (χ2n) is 9.93. The largest absolute Gasteiger partial charge is 0.508 e. The highest BCUT2D eigenvalue weighted by Crippen LogP contribution is 2.60. The molecule has 32 heavy (non-hydrogen) atoms. The zero-order valence-electron chi connectivity index (χ0n) is 18.9. The second-order valence-corrected chi connectivity index (χ2v) is 9.93. The molecule has 0 unspecified atom stereocenters. The summed E-state index contributed by atoms with van der Waals surface area (Å²) in [6.07, 6.45) is 6.36. The average Bonchev–Trinajstić information content (AvgIpc) is 3.07. The zero-order chi connectivity index (χ0) is 22.6. The third kappa shape index (κ3) is 3.28. The summed E-state index contributed by atoms with van der Waals surface area (Å²) in [4.78, 5) is 12.2. The second kappa shape index (κ2) is 7.61. The first-order valence-electron chi connectivity index (χ1n) is 11.6. The van der Waals surface area contributed by atoms with E-state index >= 15 is 0 Å². The Morgan fingerprint density at radius 2 is 1.97 bits per heavy atom. The van der Waals surface area contributed by atoms with Crippen LogP contribution in [0.3, 0.4) is 0 Å². The highest BCUT2D eigenvalue weighted by Gasteiger charge is 2.53. The van der Waals surface area contributed by atoms with Crippen molar-refractivity contribution in [2.75, 3.05) is 0 Å². The van der Waals surface area contributed by atoms with Crippen molar-refractivity contribution in [1.29, 1.82) is 0 Å². The number of aromatic hydroxyl groups is 2. The number of fused-ring (bicyclic) bond motifs is 5. The molecule has 0 amide bonds. The van der Waals surface area contributed by atoms with Gasteiger partial charge in [0.05, 0.1) is 5.71 Å². The molecule has 0 aliphatic heterocycles. The molecule has 6 heteroatoms. The van der Waals surface area contributed by atoms with E-state index in [4.69, 9.17) is 4.42 Å². The molecule has 1 aromatic heterocycles. The lowest BCUT2D eigenvalue weighted by atomic mass is 9.55. The Hall–Kier alpha value is -2.89. The van der Waals surface area contributed by atoms with Gasteiger partial charge in [-0.3, -0.25) is 0 Å². The molecule has 0 bridgehead atoms. The monoisotopic (exact) mass is 434 g/mol. The molecule has 3 aliphatic rings. The molecular weight excluding hydrogens is 404 g/mol. The van der Waals surface area contributed by atoms with Crippen LogP contribution in [0.25, 0.3) is 0 Å². The number of hydrogen-bond acceptors (Lipinski definition) is 6. The van der Waals surface area contributed by atoms with E-state index in [9.17, 15) is 15.0 Å². The minimum atomic E-state index is -0.591. The minimum Gasteiger partial charge on any atom is -0.508 e. The van der Waals surface area contributed by atoms with Crippen LogP contribution in [0.5, 0.6) is 11.5 Å². The number of phenols is 1. The molecule has 2 aromatic rings. The van der Waals surface area contributed by atoms with Gasteiger partial charge in [-0.15, -0.1) is 0 Å². The first-order valence-corrected chi connectivity index (χ1v) is 11.6. The average molecular weight is 435 g/mol. The maximum absolute atomic E-state index is 12.2. The molecule has 0 spiro atoms. The van der Waals surface area contributed by atoms with Crippen LogP contribution in [0.2, 0.25) is 0 Å². The first-order chi connectivity index (χ1) is 15.3. The molecule has 168 valence electrons. The zero-order valence-corrected chi connectivity index (χ0v) is 18.9. The van der Waals surface area contributed by atoms with E-state index in [0.29, 0.717) is 35.0 Å². The Labute approximate surface area is 187 Å². The van der Waals surface area contributed by atoms with Gasteiger partial charge < -0.3 is 14.6 Å². The summed E-state index contributed by atoms with van der Waals surface area (Å²) in [7, 11) is 0. The van der Waals surface area contributed by atoms with Gasteiger partial charge in [0.2, 0.25) is 0 Å². The summed E-state index contributed by atoms with van der Waals surface area (Å²) in [6, 6.07) is 7.32. The molecular formula is C26H30N2O4. The van der Waals surface area contributed by atoms with Gasteiger partial charge in [0.25, 0.3) is 0 Å². The van der Waals surface area contributed by atoms with E-state index in [1.807, 2.05) is 12.1 Å². The fourth-order valence-corrected chi connectivity index (χ4v) is 6.64. The minimum absolute atomic E-state index is 0.0133. The van der Waals surface area contributed by atoms with Gasteiger partial charge in [0.1, 0.15) is 22.8 Å². The summed E-state index contributed by atoms with van der Waals surface area (Å²) < 4.78 is 5.12. The van der Waals surface area contributed by atoms with Gasteiger partial charge in [-0.1, -0.05) is 13.0 Å². The fourth-order valence-electron chi connectivity index (χ4n) is 6.64. The van der Waals surface area contributed by atoms with Crippen molar-refractivity contribution in [3.05, 3.63) is 57.1 Å². The molecule has 1 heterocycles. The van der Waals surface area contributed by atoms with Crippen molar-refractivity contribution in [3.8, 4) is 11.5 Å². The molecule has 1 aromatic carbocycles. The fraction of sp³-hybridized carbons (Fsp3) is 0.500. The third-order valence-corrected chi connectivity index (χ3v) is 8.19. The Kier molecular flexibility index (Phi) is 4.99. The van der Waals surface area contributed by atoms with Crippen molar-refractivity contribution < 1.29 is 14.6 Å². The Bertz CT molecular complexity index is 1190. The molecule has 5 rings (SSSR count). The van der Waals surface area contributed by atoms with Crippen LogP contribution in [-0.2, 0) is 6.42 Å². The number of phenolic OH excluding ortho intramolecular Hbond substituents is 1. The lowest BCUT2D eigenvalue weighted by Crippen LogP contribution is -2.42. The summed E-state index contributed by atoms with van der Waals surface area (Å²) in [6.45, 7) is 5.64. The van der Waals surface area contributed by atoms with Crippen molar-refractivity contribution in [3.63, 3.8) is 0 Å². The smallest absolute Gasteiger partial charge is 0.348 e. The van der Waals surface area contributed by atoms with Gasteiger partial charge in [-0.2, -0.15) is 10.2 Å². The molecule has 6 nitrogen and oxygen atoms in total. The maximum Gasteiger partial charge on any atom is 0.348 e. The van der Waals surface area contributed by atoms with E-state index in [-0.39, 0.29) is 16.7 Å². The van der Waals surface area contributed by atoms with Gasteiger partial charge in [0.15, 0.2) is 0 Å². The maximum atomic E-state index is 12.2. The first kappa shape index (κ1) is 21.0. The van der Waals surface area contributed by atoms with Crippen molar-refractivity contribution in [2.24, 2.45) is 27.5 Å². The summed E-state index contributed by atoms with van der Waals surface area (Å²) in [5, 5.41) is 29.1. The lowest BCUT2D eigenvalue weighted by molar-refractivity contribution is 0.0955. The number of benzene rings is 1. The van der Waals surface area contributed by atoms with Crippen molar-refractivity contribution >= 4 is 11.4 Å². The van der Waals surface area contributed by atoms with Crippen LogP contribution in [-0.4, -0.2) is 21.6 Å². The van der Waals surface area contributed by atoms with Crippen molar-refractivity contribution in [1.82, 2.24) is 0 Å². The van der Waals surface area contributed by atoms with Crippen LogP contribution >= 0.6 is 0 Å². The van der Waals surface area contributed by atoms with Gasteiger partial charge in [-0.25, -0.2) is 4.79 Å². The van der Waals surface area contributed by atoms with Gasteiger partial charge >= 0.3 is 5.63 Å². The summed E-state index contributed by atoms with van der Waals surface area (Å²) in [5.41, 5.74) is 3.70. The van der Waals surface area contributed by atoms with Crippen LogP contribution in [0, 0.1) is 24.2 Å². The molecule has 0 radical (unpaired) electrons. The number of nitrogens with zero attached hydrogens (tertiary/aromatic N) is 2. The molecule has 2 N–H and O–H groups in total. The van der Waals surface area contributed by atoms with Crippen LogP contribution < -0.4 is 5.63 Å². The molecule has 0 saturated heterocycles. The van der Waals surface area contributed by atoms with Gasteiger partial charge in [0, 0.05) is 17.2 Å². The predicted molar refractivity (Wildman–Crippen MR) is 124 cm³/mol. The van der Waals surface area contributed by atoms with Gasteiger partial charge in [-0.05, 0) is 93.4 Å². The number of rotatable bonds is 2. The highest BCUT2D eigenvalue weighted by atomic mass is 16.4. The van der Waals surface area contributed by atoms with Crippen LogP contribution in [0.15, 0.2) is 43.7 Å². The van der Waals surface area contributed by atoms with E-state index in [2.05, 4.69) is 23.2 Å². The summed E-state index contributed by atoms with van der Waals surface area (Å²) >= 11 is 0. The highest BCUT2D eigenvalue weighted by molar-refractivity contribution is 6.01. The van der Waals surface area contributed by atoms with E-state index in [1.165, 1.54) is 17.2 Å². The van der Waals surface area contributed by atoms with E-state index < -0.39 is 5.63 Å². The SMILES string of the molecule is CC(=N/N=C1/CC[C@@H]2[C@@H]3CCc4cc(O)ccc4[C@H]3CC[C@]12C)c1c(O)cc(C)oc1=O. The van der Waals surface area contributed by atoms with E-state index in [0.717, 1.165) is 44.2 Å². The molecule has 4 atom stereocenters. The quantitative estimate of drug-likeness (QED) is 0.509. The van der Waals surface area contributed by atoms with E-state index in [1.54, 1.807) is 13.8 Å². The Morgan fingerprint density at radius 1 is 1.16 bits per heavy atom. The third-order valence-electron chi connectivity index (χ3n) is 8.19.